The van der Waals surface area contributed by atoms with Gasteiger partial charge in [-0.25, -0.2) is 0 Å². The maximum Gasteiger partial charge on any atom is 0.296 e. The fourth-order valence-electron chi connectivity index (χ4n) is 5.76. The SMILES string of the molecule is CCCN1C(=O)C2(C(=C(O)c3ccc(Cl)cc3)C(=O)C(=O)N2CCC[NH+]2CCOCC2)c2ccccc21. The van der Waals surface area contributed by atoms with Gasteiger partial charge in [-0.2, -0.15) is 0 Å². The number of hydrogen-bond donors (Lipinski definition) is 2. The van der Waals surface area contributed by atoms with Gasteiger partial charge >= 0.3 is 0 Å². The summed E-state index contributed by atoms with van der Waals surface area (Å²) < 4.78 is 5.44. The first-order chi connectivity index (χ1) is 17.9. The molecular formula is C28H31ClN3O5+. The van der Waals surface area contributed by atoms with Crippen LogP contribution in [0.2, 0.25) is 5.02 Å². The Morgan fingerprint density at radius 2 is 1.76 bits per heavy atom. The van der Waals surface area contributed by atoms with E-state index in [0.717, 1.165) is 19.6 Å². The second kappa shape index (κ2) is 10.3. The van der Waals surface area contributed by atoms with E-state index < -0.39 is 17.2 Å². The van der Waals surface area contributed by atoms with Crippen LogP contribution in [0.25, 0.3) is 5.76 Å². The minimum absolute atomic E-state index is 0.186. The van der Waals surface area contributed by atoms with Gasteiger partial charge in [-0.3, -0.25) is 14.4 Å². The zero-order valence-electron chi connectivity index (χ0n) is 20.8. The number of fused-ring (bicyclic) bond motifs is 2. The zero-order valence-corrected chi connectivity index (χ0v) is 21.6. The molecule has 3 aliphatic rings. The molecule has 2 N–H and O–H groups in total. The lowest BCUT2D eigenvalue weighted by atomic mass is 9.82. The van der Waals surface area contributed by atoms with E-state index in [0.29, 0.717) is 54.4 Å². The van der Waals surface area contributed by atoms with Gasteiger partial charge in [0, 0.05) is 35.7 Å². The molecule has 2 fully saturated rings. The number of morpholine rings is 1. The van der Waals surface area contributed by atoms with E-state index in [1.807, 2.05) is 19.1 Å². The first kappa shape index (κ1) is 25.4. The normalized spacial score (nSPS) is 23.4. The Morgan fingerprint density at radius 3 is 2.46 bits per heavy atom. The maximum atomic E-state index is 14.3. The predicted octanol–water partition coefficient (Wildman–Crippen LogP) is 1.98. The quantitative estimate of drug-likeness (QED) is 0.328. The number of ether oxygens (including phenoxy) is 1. The molecule has 37 heavy (non-hydrogen) atoms. The minimum Gasteiger partial charge on any atom is -0.507 e. The van der Waals surface area contributed by atoms with Crippen LogP contribution in [-0.4, -0.2) is 73.5 Å². The summed E-state index contributed by atoms with van der Waals surface area (Å²) in [7, 11) is 0. The molecule has 1 unspecified atom stereocenters. The van der Waals surface area contributed by atoms with Crippen LogP contribution in [0, 0.1) is 0 Å². The summed E-state index contributed by atoms with van der Waals surface area (Å²) >= 11 is 6.04. The molecule has 5 rings (SSSR count). The Balaban J connectivity index is 1.64. The smallest absolute Gasteiger partial charge is 0.296 e. The maximum absolute atomic E-state index is 14.3. The highest BCUT2D eigenvalue weighted by atomic mass is 35.5. The van der Waals surface area contributed by atoms with Gasteiger partial charge in [-0.15, -0.1) is 0 Å². The van der Waals surface area contributed by atoms with Crippen molar-refractivity contribution in [2.75, 3.05) is 50.8 Å². The molecule has 2 aromatic carbocycles. The Hall–Kier alpha value is -3.20. The van der Waals surface area contributed by atoms with Crippen molar-refractivity contribution >= 4 is 40.6 Å². The van der Waals surface area contributed by atoms with Crippen molar-refractivity contribution in [1.82, 2.24) is 4.90 Å². The molecule has 9 heteroatoms. The third kappa shape index (κ3) is 4.13. The average molecular weight is 525 g/mol. The first-order valence-corrected chi connectivity index (χ1v) is 13.2. The molecule has 3 heterocycles. The number of aliphatic hydroxyl groups is 1. The summed E-state index contributed by atoms with van der Waals surface area (Å²) in [5, 5.41) is 11.9. The molecule has 1 spiro atoms. The summed E-state index contributed by atoms with van der Waals surface area (Å²) in [6.07, 6.45) is 1.30. The van der Waals surface area contributed by atoms with E-state index in [1.54, 1.807) is 41.3 Å². The number of likely N-dealkylation sites (tertiary alicyclic amines) is 1. The standard InChI is InChI=1S/C28H30ClN3O5/c1-2-12-31-22-7-4-3-6-21(22)28(27(31)36)23(24(33)19-8-10-20(29)11-9-19)25(34)26(35)32(28)14-5-13-30-15-17-37-18-16-30/h3-4,6-11,33H,2,5,12-18H2,1H3/p+1. The number of nitrogens with zero attached hydrogens (tertiary/aromatic N) is 2. The highest BCUT2D eigenvalue weighted by molar-refractivity contribution is 6.50. The largest absolute Gasteiger partial charge is 0.507 e. The van der Waals surface area contributed by atoms with Crippen LogP contribution >= 0.6 is 11.6 Å². The fraction of sp³-hybridized carbons (Fsp3) is 0.393. The molecule has 2 amide bonds. The van der Waals surface area contributed by atoms with Crippen molar-refractivity contribution in [3.63, 3.8) is 0 Å². The number of carbonyl (C=O) groups is 3. The first-order valence-electron chi connectivity index (χ1n) is 12.8. The molecule has 0 radical (unpaired) electrons. The zero-order chi connectivity index (χ0) is 26.2. The van der Waals surface area contributed by atoms with Crippen LogP contribution in [0.1, 0.15) is 30.9 Å². The van der Waals surface area contributed by atoms with Crippen molar-refractivity contribution in [1.29, 1.82) is 0 Å². The summed E-state index contributed by atoms with van der Waals surface area (Å²) in [4.78, 5) is 45.9. The fourth-order valence-corrected chi connectivity index (χ4v) is 5.89. The molecule has 0 aromatic heterocycles. The predicted molar refractivity (Wildman–Crippen MR) is 139 cm³/mol. The molecule has 1 atom stereocenters. The van der Waals surface area contributed by atoms with Gasteiger partial charge in [0.15, 0.2) is 5.54 Å². The third-order valence-corrected chi connectivity index (χ3v) is 7.74. The number of halogens is 1. The Kier molecular flexibility index (Phi) is 7.07. The topological polar surface area (TPSA) is 91.6 Å². The third-order valence-electron chi connectivity index (χ3n) is 7.49. The average Bonchev–Trinajstić information content (AvgIpc) is 3.28. The number of amides is 2. The molecular weight excluding hydrogens is 494 g/mol. The number of anilines is 1. The number of quaternary nitrogens is 1. The van der Waals surface area contributed by atoms with E-state index in [4.69, 9.17) is 16.3 Å². The number of hydrogen-bond acceptors (Lipinski definition) is 5. The number of ketones is 1. The van der Waals surface area contributed by atoms with E-state index in [2.05, 4.69) is 0 Å². The second-order valence-electron chi connectivity index (χ2n) is 9.67. The summed E-state index contributed by atoms with van der Waals surface area (Å²) in [5.41, 5.74) is -0.387. The number of Topliss-reactive ketones (excluding diaryl/α,β-unsaturated/α-hetero) is 1. The highest BCUT2D eigenvalue weighted by Gasteiger charge is 2.66. The Morgan fingerprint density at radius 1 is 1.05 bits per heavy atom. The number of aliphatic hydroxyl groups excluding tert-OH is 1. The Bertz CT molecular complexity index is 1250. The van der Waals surface area contributed by atoms with Crippen LogP contribution in [0.4, 0.5) is 5.69 Å². The van der Waals surface area contributed by atoms with Crippen molar-refractivity contribution in [3.05, 3.63) is 70.3 Å². The van der Waals surface area contributed by atoms with Crippen LogP contribution in [-0.2, 0) is 24.7 Å². The molecule has 0 saturated carbocycles. The number of carbonyl (C=O) groups excluding carboxylic acids is 3. The lowest BCUT2D eigenvalue weighted by molar-refractivity contribution is -0.908. The highest BCUT2D eigenvalue weighted by Crippen LogP contribution is 2.53. The number of benzene rings is 2. The van der Waals surface area contributed by atoms with Gasteiger partial charge in [0.2, 0.25) is 0 Å². The van der Waals surface area contributed by atoms with Gasteiger partial charge in [-0.05, 0) is 36.8 Å². The van der Waals surface area contributed by atoms with Gasteiger partial charge in [0.05, 0.1) is 31.0 Å². The van der Waals surface area contributed by atoms with Gasteiger partial charge in [-0.1, -0.05) is 36.7 Å². The van der Waals surface area contributed by atoms with Gasteiger partial charge in [0.25, 0.3) is 17.6 Å². The number of nitrogens with one attached hydrogen (secondary N) is 1. The van der Waals surface area contributed by atoms with Crippen LogP contribution in [0.15, 0.2) is 54.1 Å². The summed E-state index contributed by atoms with van der Waals surface area (Å²) in [5.74, 6) is -2.39. The second-order valence-corrected chi connectivity index (χ2v) is 10.1. The monoisotopic (exact) mass is 524 g/mol. The summed E-state index contributed by atoms with van der Waals surface area (Å²) in [6, 6.07) is 13.6. The molecule has 0 aliphatic carbocycles. The van der Waals surface area contributed by atoms with Crippen LogP contribution < -0.4 is 9.80 Å². The van der Waals surface area contributed by atoms with Crippen molar-refractivity contribution < 1.29 is 29.1 Å². The van der Waals surface area contributed by atoms with E-state index >= 15 is 0 Å². The molecule has 194 valence electrons. The van der Waals surface area contributed by atoms with Crippen molar-refractivity contribution in [2.24, 2.45) is 0 Å². The molecule has 2 aromatic rings. The summed E-state index contributed by atoms with van der Waals surface area (Å²) in [6.45, 7) is 6.55. The number of rotatable bonds is 7. The molecule has 3 aliphatic heterocycles. The van der Waals surface area contributed by atoms with Crippen LogP contribution in [0.3, 0.4) is 0 Å². The van der Waals surface area contributed by atoms with E-state index in [-0.39, 0.29) is 23.8 Å². The molecule has 2 saturated heterocycles. The minimum atomic E-state index is -1.72. The lowest BCUT2D eigenvalue weighted by Gasteiger charge is -2.35. The van der Waals surface area contributed by atoms with Crippen molar-refractivity contribution in [3.8, 4) is 0 Å². The molecule has 8 nitrogen and oxygen atoms in total. The van der Waals surface area contributed by atoms with E-state index in [9.17, 15) is 19.5 Å². The Labute approximate surface area is 221 Å². The van der Waals surface area contributed by atoms with E-state index in [1.165, 1.54) is 9.80 Å². The van der Waals surface area contributed by atoms with Gasteiger partial charge in [0.1, 0.15) is 18.8 Å². The van der Waals surface area contributed by atoms with Crippen molar-refractivity contribution in [2.45, 2.75) is 25.3 Å². The molecule has 0 bridgehead atoms. The van der Waals surface area contributed by atoms with Gasteiger partial charge < -0.3 is 24.5 Å². The lowest BCUT2D eigenvalue weighted by Crippen LogP contribution is -3.14. The number of para-hydroxylation sites is 1. The van der Waals surface area contributed by atoms with Crippen LogP contribution in [0.5, 0.6) is 0 Å².